The summed E-state index contributed by atoms with van der Waals surface area (Å²) in [5.74, 6) is 0.492. The van der Waals surface area contributed by atoms with Crippen molar-refractivity contribution in [2.75, 3.05) is 7.11 Å². The fourth-order valence-corrected chi connectivity index (χ4v) is 1.38. The SMILES string of the molecule is COc1cc(C)c([B-](F)(F)F)cc1C.[K+]. The Morgan fingerprint density at radius 1 is 1.07 bits per heavy atom. The first-order valence-corrected chi connectivity index (χ1v) is 4.21. The maximum absolute atomic E-state index is 12.5. The summed E-state index contributed by atoms with van der Waals surface area (Å²) in [5.41, 5.74) is 0.176. The van der Waals surface area contributed by atoms with Crippen LogP contribution in [-0.4, -0.2) is 14.1 Å². The molecule has 0 N–H and O–H groups in total. The fourth-order valence-electron chi connectivity index (χ4n) is 1.38. The number of rotatable bonds is 2. The van der Waals surface area contributed by atoms with Crippen molar-refractivity contribution in [3.63, 3.8) is 0 Å². The predicted octanol–water partition coefficient (Wildman–Crippen LogP) is -0.630. The molecule has 78 valence electrons. The number of ether oxygens (including phenoxy) is 1. The van der Waals surface area contributed by atoms with E-state index in [1.54, 1.807) is 6.92 Å². The molecule has 0 saturated heterocycles. The maximum Gasteiger partial charge on any atom is 1.00 e. The van der Waals surface area contributed by atoms with Crippen LogP contribution in [0.2, 0.25) is 0 Å². The third-order valence-corrected chi connectivity index (χ3v) is 2.14. The van der Waals surface area contributed by atoms with E-state index in [9.17, 15) is 12.9 Å². The molecule has 0 radical (unpaired) electrons. The molecule has 0 atom stereocenters. The third-order valence-electron chi connectivity index (χ3n) is 2.14. The van der Waals surface area contributed by atoms with Gasteiger partial charge in [-0.2, -0.15) is 0 Å². The van der Waals surface area contributed by atoms with Crippen molar-refractivity contribution in [3.8, 4) is 5.75 Å². The normalized spacial score (nSPS) is 10.8. The Morgan fingerprint density at radius 3 is 2.00 bits per heavy atom. The van der Waals surface area contributed by atoms with Gasteiger partial charge in [0.2, 0.25) is 0 Å². The maximum atomic E-state index is 12.5. The minimum absolute atomic E-state index is 0. The standard InChI is InChI=1S/C9H11BF3O.K/c1-6-5-9(14-3)7(2)4-8(6)10(11,12)13;/h4-5H,1-3H3;/q-1;+1. The molecule has 0 spiro atoms. The number of methoxy groups -OCH3 is 1. The molecule has 1 rings (SSSR count). The first-order valence-electron chi connectivity index (χ1n) is 4.21. The second-order valence-electron chi connectivity index (χ2n) is 3.25. The Labute approximate surface area is 130 Å². The van der Waals surface area contributed by atoms with Gasteiger partial charge in [0.25, 0.3) is 0 Å². The van der Waals surface area contributed by atoms with Crippen LogP contribution in [-0.2, 0) is 0 Å². The molecular formula is C9H11BF3KO. The molecule has 0 heterocycles. The third kappa shape index (κ3) is 3.78. The quantitative estimate of drug-likeness (QED) is 0.627. The van der Waals surface area contributed by atoms with E-state index in [0.29, 0.717) is 11.3 Å². The minimum Gasteiger partial charge on any atom is -0.496 e. The van der Waals surface area contributed by atoms with Crippen molar-refractivity contribution >= 4 is 12.4 Å². The number of halogens is 3. The average Bonchev–Trinajstić information content (AvgIpc) is 2.06. The van der Waals surface area contributed by atoms with Gasteiger partial charge in [0.1, 0.15) is 5.75 Å². The number of hydrogen-bond acceptors (Lipinski definition) is 1. The van der Waals surface area contributed by atoms with Gasteiger partial charge in [-0.1, -0.05) is 11.6 Å². The van der Waals surface area contributed by atoms with Crippen molar-refractivity contribution in [1.29, 1.82) is 0 Å². The summed E-state index contributed by atoms with van der Waals surface area (Å²) in [7, 11) is 1.44. The summed E-state index contributed by atoms with van der Waals surface area (Å²) in [6.07, 6.45) is 0. The Morgan fingerprint density at radius 2 is 1.60 bits per heavy atom. The average molecular weight is 242 g/mol. The van der Waals surface area contributed by atoms with Crippen molar-refractivity contribution in [1.82, 2.24) is 0 Å². The van der Waals surface area contributed by atoms with E-state index in [1.807, 2.05) is 0 Å². The number of hydrogen-bond donors (Lipinski definition) is 0. The smallest absolute Gasteiger partial charge is 0.496 e. The summed E-state index contributed by atoms with van der Waals surface area (Å²) in [5, 5.41) is 0. The molecule has 1 aromatic rings. The topological polar surface area (TPSA) is 9.23 Å². The fraction of sp³-hybridized carbons (Fsp3) is 0.333. The van der Waals surface area contributed by atoms with Crippen molar-refractivity contribution in [2.45, 2.75) is 13.8 Å². The molecular weight excluding hydrogens is 231 g/mol. The zero-order valence-electron chi connectivity index (χ0n) is 9.27. The van der Waals surface area contributed by atoms with Crippen molar-refractivity contribution in [3.05, 3.63) is 23.3 Å². The van der Waals surface area contributed by atoms with Crippen LogP contribution < -0.4 is 61.6 Å². The van der Waals surface area contributed by atoms with E-state index in [-0.39, 0.29) is 56.9 Å². The van der Waals surface area contributed by atoms with E-state index in [1.165, 1.54) is 20.1 Å². The molecule has 0 fully saturated rings. The van der Waals surface area contributed by atoms with Crippen LogP contribution in [0.25, 0.3) is 0 Å². The van der Waals surface area contributed by atoms with Crippen LogP contribution in [0.15, 0.2) is 12.1 Å². The van der Waals surface area contributed by atoms with E-state index < -0.39 is 12.4 Å². The Balaban J connectivity index is 0.00000196. The van der Waals surface area contributed by atoms with E-state index in [2.05, 4.69) is 0 Å². The van der Waals surface area contributed by atoms with E-state index >= 15 is 0 Å². The van der Waals surface area contributed by atoms with Gasteiger partial charge in [-0.3, -0.25) is 0 Å². The molecule has 0 aliphatic rings. The second-order valence-corrected chi connectivity index (χ2v) is 3.25. The van der Waals surface area contributed by atoms with Crippen LogP contribution in [0.4, 0.5) is 12.9 Å². The molecule has 1 nitrogen and oxygen atoms in total. The van der Waals surface area contributed by atoms with Gasteiger partial charge in [-0.25, -0.2) is 0 Å². The summed E-state index contributed by atoms with van der Waals surface area (Å²) in [6, 6.07) is 2.55. The number of benzene rings is 1. The predicted molar refractivity (Wildman–Crippen MR) is 51.2 cm³/mol. The van der Waals surface area contributed by atoms with Crippen LogP contribution in [0.5, 0.6) is 5.75 Å². The van der Waals surface area contributed by atoms with Crippen LogP contribution in [0.1, 0.15) is 11.1 Å². The zero-order chi connectivity index (χ0) is 10.9. The first kappa shape index (κ1) is 15.5. The molecule has 6 heteroatoms. The molecule has 0 bridgehead atoms. The van der Waals surface area contributed by atoms with Gasteiger partial charge in [0.15, 0.2) is 0 Å². The van der Waals surface area contributed by atoms with Gasteiger partial charge < -0.3 is 17.7 Å². The van der Waals surface area contributed by atoms with Crippen LogP contribution in [0.3, 0.4) is 0 Å². The van der Waals surface area contributed by atoms with Crippen molar-refractivity contribution < 1.29 is 69.1 Å². The van der Waals surface area contributed by atoms with Gasteiger partial charge >= 0.3 is 58.4 Å². The number of aryl methyl sites for hydroxylation is 2. The van der Waals surface area contributed by atoms with Gasteiger partial charge in [-0.15, -0.1) is 5.46 Å². The molecule has 0 saturated carbocycles. The molecule has 15 heavy (non-hydrogen) atoms. The molecule has 1 aromatic carbocycles. The van der Waals surface area contributed by atoms with Crippen LogP contribution in [0, 0.1) is 13.8 Å². The minimum atomic E-state index is -4.93. The first-order chi connectivity index (χ1) is 6.36. The van der Waals surface area contributed by atoms with Gasteiger partial charge in [0, 0.05) is 0 Å². The molecule has 0 unspecified atom stereocenters. The van der Waals surface area contributed by atoms with Crippen LogP contribution >= 0.6 is 0 Å². The summed E-state index contributed by atoms with van der Waals surface area (Å²) in [6.45, 7) is -1.89. The zero-order valence-corrected chi connectivity index (χ0v) is 12.4. The molecule has 0 aliphatic heterocycles. The second kappa shape index (κ2) is 5.72. The Hall–Kier alpha value is 0.511. The molecule has 0 aliphatic carbocycles. The largest absolute Gasteiger partial charge is 1.00 e. The summed E-state index contributed by atoms with van der Waals surface area (Å²) >= 11 is 0. The van der Waals surface area contributed by atoms with E-state index in [4.69, 9.17) is 4.74 Å². The van der Waals surface area contributed by atoms with Gasteiger partial charge in [0.05, 0.1) is 7.11 Å². The molecule has 0 amide bonds. The Bertz CT molecular complexity index is 352. The van der Waals surface area contributed by atoms with E-state index in [0.717, 1.165) is 6.07 Å². The van der Waals surface area contributed by atoms with Gasteiger partial charge in [-0.05, 0) is 25.5 Å². The Kier molecular flexibility index (Phi) is 5.92. The summed E-state index contributed by atoms with van der Waals surface area (Å²) < 4.78 is 42.4. The molecule has 0 aromatic heterocycles. The van der Waals surface area contributed by atoms with Crippen molar-refractivity contribution in [2.24, 2.45) is 0 Å². The monoisotopic (exact) mass is 242 g/mol. The summed E-state index contributed by atoms with van der Waals surface area (Å²) in [4.78, 5) is 0.